The SMILES string of the molecule is NC[C@@H]1C[C@H]1c1ccc(Cl)cn1. The smallest absolute Gasteiger partial charge is 0.0589 e. The minimum atomic E-state index is 0.590. The molecule has 1 aromatic heterocycles. The van der Waals surface area contributed by atoms with Gasteiger partial charge in [-0.3, -0.25) is 4.98 Å². The van der Waals surface area contributed by atoms with Gasteiger partial charge in [-0.2, -0.15) is 0 Å². The predicted octanol–water partition coefficient (Wildman–Crippen LogP) is 1.80. The van der Waals surface area contributed by atoms with Crippen LogP contribution in [0.15, 0.2) is 18.3 Å². The maximum atomic E-state index is 5.72. The highest BCUT2D eigenvalue weighted by molar-refractivity contribution is 6.30. The number of nitrogens with zero attached hydrogens (tertiary/aromatic N) is 1. The van der Waals surface area contributed by atoms with E-state index < -0.39 is 0 Å². The molecule has 2 N–H and O–H groups in total. The molecular formula is C9H11ClN2. The van der Waals surface area contributed by atoms with Crippen LogP contribution in [0, 0.1) is 5.92 Å². The van der Waals surface area contributed by atoms with Crippen molar-refractivity contribution in [2.75, 3.05) is 6.54 Å². The van der Waals surface area contributed by atoms with Crippen molar-refractivity contribution in [3.8, 4) is 0 Å². The molecule has 1 aliphatic carbocycles. The Morgan fingerprint density at radius 2 is 2.42 bits per heavy atom. The molecule has 0 spiro atoms. The molecule has 3 heteroatoms. The van der Waals surface area contributed by atoms with Crippen LogP contribution in [0.5, 0.6) is 0 Å². The molecule has 0 amide bonds. The van der Waals surface area contributed by atoms with Crippen molar-refractivity contribution in [3.05, 3.63) is 29.0 Å². The zero-order valence-corrected chi connectivity index (χ0v) is 7.46. The minimum absolute atomic E-state index is 0.590. The zero-order chi connectivity index (χ0) is 8.55. The molecule has 2 nitrogen and oxygen atoms in total. The largest absolute Gasteiger partial charge is 0.330 e. The standard InChI is InChI=1S/C9H11ClN2/c10-7-1-2-9(12-5-7)8-3-6(8)4-11/h1-2,5-6,8H,3-4,11H2/t6-,8+/m0/s1. The normalized spacial score (nSPS) is 27.2. The maximum Gasteiger partial charge on any atom is 0.0589 e. The Bertz CT molecular complexity index is 270. The van der Waals surface area contributed by atoms with Crippen molar-refractivity contribution in [3.63, 3.8) is 0 Å². The van der Waals surface area contributed by atoms with Gasteiger partial charge in [0.05, 0.1) is 5.02 Å². The lowest BCUT2D eigenvalue weighted by Crippen LogP contribution is -2.02. The Kier molecular flexibility index (Phi) is 2.03. The molecule has 2 rings (SSSR count). The van der Waals surface area contributed by atoms with E-state index in [1.807, 2.05) is 12.1 Å². The van der Waals surface area contributed by atoms with Crippen molar-refractivity contribution >= 4 is 11.6 Å². The second-order valence-electron chi connectivity index (χ2n) is 3.24. The van der Waals surface area contributed by atoms with Crippen LogP contribution in [0.4, 0.5) is 0 Å². The van der Waals surface area contributed by atoms with E-state index in [1.54, 1.807) is 6.20 Å². The van der Waals surface area contributed by atoms with Crippen molar-refractivity contribution < 1.29 is 0 Å². The van der Waals surface area contributed by atoms with Gasteiger partial charge in [0, 0.05) is 17.8 Å². The van der Waals surface area contributed by atoms with Gasteiger partial charge >= 0.3 is 0 Å². The van der Waals surface area contributed by atoms with Gasteiger partial charge in [0.1, 0.15) is 0 Å². The summed E-state index contributed by atoms with van der Waals surface area (Å²) in [5, 5.41) is 0.698. The van der Waals surface area contributed by atoms with Gasteiger partial charge < -0.3 is 5.73 Å². The first-order valence-electron chi connectivity index (χ1n) is 4.13. The Balaban J connectivity index is 2.10. The summed E-state index contributed by atoms with van der Waals surface area (Å²) in [6.45, 7) is 0.773. The fourth-order valence-electron chi connectivity index (χ4n) is 1.48. The first kappa shape index (κ1) is 8.02. The molecule has 2 atom stereocenters. The van der Waals surface area contributed by atoms with E-state index in [0.717, 1.165) is 12.2 Å². The number of rotatable bonds is 2. The Morgan fingerprint density at radius 1 is 1.58 bits per heavy atom. The first-order valence-corrected chi connectivity index (χ1v) is 4.50. The summed E-state index contributed by atoms with van der Waals surface area (Å²) in [7, 11) is 0. The molecule has 64 valence electrons. The van der Waals surface area contributed by atoms with Crippen LogP contribution in [0.25, 0.3) is 0 Å². The monoisotopic (exact) mass is 182 g/mol. The predicted molar refractivity (Wildman–Crippen MR) is 49.1 cm³/mol. The Hall–Kier alpha value is -0.600. The Morgan fingerprint density at radius 3 is 2.92 bits per heavy atom. The maximum absolute atomic E-state index is 5.72. The summed E-state index contributed by atoms with van der Waals surface area (Å²) in [6, 6.07) is 3.87. The van der Waals surface area contributed by atoms with E-state index in [-0.39, 0.29) is 0 Å². The van der Waals surface area contributed by atoms with Crippen LogP contribution in [0.2, 0.25) is 5.02 Å². The molecule has 1 heterocycles. The molecule has 1 aliphatic rings. The second-order valence-corrected chi connectivity index (χ2v) is 3.68. The number of halogens is 1. The molecule has 1 saturated carbocycles. The van der Waals surface area contributed by atoms with E-state index in [9.17, 15) is 0 Å². The third-order valence-corrected chi connectivity index (χ3v) is 2.58. The quantitative estimate of drug-likeness (QED) is 0.758. The fourth-order valence-corrected chi connectivity index (χ4v) is 1.59. The van der Waals surface area contributed by atoms with E-state index in [0.29, 0.717) is 16.9 Å². The van der Waals surface area contributed by atoms with Gasteiger partial charge in [0.25, 0.3) is 0 Å². The van der Waals surface area contributed by atoms with Gasteiger partial charge in [0.2, 0.25) is 0 Å². The van der Waals surface area contributed by atoms with Crippen molar-refractivity contribution in [1.82, 2.24) is 4.98 Å². The van der Waals surface area contributed by atoms with Crippen molar-refractivity contribution in [2.45, 2.75) is 12.3 Å². The second kappa shape index (κ2) is 3.04. The molecule has 12 heavy (non-hydrogen) atoms. The minimum Gasteiger partial charge on any atom is -0.330 e. The molecule has 0 aromatic carbocycles. The van der Waals surface area contributed by atoms with E-state index >= 15 is 0 Å². The molecule has 1 fully saturated rings. The number of aromatic nitrogens is 1. The highest BCUT2D eigenvalue weighted by Gasteiger charge is 2.37. The Labute approximate surface area is 76.7 Å². The molecule has 1 aromatic rings. The van der Waals surface area contributed by atoms with E-state index in [4.69, 9.17) is 17.3 Å². The van der Waals surface area contributed by atoms with Gasteiger partial charge in [-0.15, -0.1) is 0 Å². The van der Waals surface area contributed by atoms with Gasteiger partial charge in [-0.1, -0.05) is 11.6 Å². The average Bonchev–Trinajstić information content (AvgIpc) is 2.85. The lowest BCUT2D eigenvalue weighted by molar-refractivity contribution is 0.797. The van der Waals surface area contributed by atoms with Crippen molar-refractivity contribution in [2.24, 2.45) is 11.7 Å². The van der Waals surface area contributed by atoms with Crippen molar-refractivity contribution in [1.29, 1.82) is 0 Å². The number of nitrogens with two attached hydrogens (primary N) is 1. The fraction of sp³-hybridized carbons (Fsp3) is 0.444. The molecule has 0 radical (unpaired) electrons. The van der Waals surface area contributed by atoms with Gasteiger partial charge in [-0.05, 0) is 31.0 Å². The van der Waals surface area contributed by atoms with Crippen LogP contribution in [-0.4, -0.2) is 11.5 Å². The number of hydrogen-bond acceptors (Lipinski definition) is 2. The molecule has 0 saturated heterocycles. The summed E-state index contributed by atoms with van der Waals surface area (Å²) in [5.41, 5.74) is 6.67. The van der Waals surface area contributed by atoms with Crippen LogP contribution >= 0.6 is 11.6 Å². The molecule has 0 aliphatic heterocycles. The lowest BCUT2D eigenvalue weighted by atomic mass is 10.2. The van der Waals surface area contributed by atoms with Gasteiger partial charge in [0.15, 0.2) is 0 Å². The summed E-state index contributed by atoms with van der Waals surface area (Å²) >= 11 is 5.72. The van der Waals surface area contributed by atoms with Crippen LogP contribution in [0.1, 0.15) is 18.0 Å². The third-order valence-electron chi connectivity index (χ3n) is 2.36. The van der Waals surface area contributed by atoms with Crippen LogP contribution in [0.3, 0.4) is 0 Å². The van der Waals surface area contributed by atoms with E-state index in [2.05, 4.69) is 4.98 Å². The summed E-state index contributed by atoms with van der Waals surface area (Å²) in [5.74, 6) is 1.24. The average molecular weight is 183 g/mol. The van der Waals surface area contributed by atoms with Crippen LogP contribution in [-0.2, 0) is 0 Å². The number of hydrogen-bond donors (Lipinski definition) is 1. The summed E-state index contributed by atoms with van der Waals surface area (Å²) < 4.78 is 0. The number of pyridine rings is 1. The summed E-state index contributed by atoms with van der Waals surface area (Å²) in [6.07, 6.45) is 2.88. The van der Waals surface area contributed by atoms with E-state index in [1.165, 1.54) is 6.42 Å². The molecule has 0 unspecified atom stereocenters. The lowest BCUT2D eigenvalue weighted by Gasteiger charge is -1.97. The highest BCUT2D eigenvalue weighted by Crippen LogP contribution is 2.45. The highest BCUT2D eigenvalue weighted by atomic mass is 35.5. The zero-order valence-electron chi connectivity index (χ0n) is 6.70. The first-order chi connectivity index (χ1) is 5.81. The summed E-state index contributed by atoms with van der Waals surface area (Å²) in [4.78, 5) is 4.25. The van der Waals surface area contributed by atoms with Crippen LogP contribution < -0.4 is 5.73 Å². The van der Waals surface area contributed by atoms with Gasteiger partial charge in [-0.25, -0.2) is 0 Å². The molecule has 0 bridgehead atoms. The third kappa shape index (κ3) is 1.45. The topological polar surface area (TPSA) is 38.9 Å². The molecular weight excluding hydrogens is 172 g/mol.